The van der Waals surface area contributed by atoms with Crippen molar-refractivity contribution in [2.24, 2.45) is 11.7 Å². The van der Waals surface area contributed by atoms with Gasteiger partial charge in [0, 0.05) is 11.2 Å². The van der Waals surface area contributed by atoms with Crippen LogP contribution in [-0.2, 0) is 9.59 Å². The Morgan fingerprint density at radius 2 is 1.88 bits per heavy atom. The van der Waals surface area contributed by atoms with Gasteiger partial charge in [0.15, 0.2) is 0 Å². The molecule has 0 aliphatic heterocycles. The van der Waals surface area contributed by atoms with Crippen LogP contribution >= 0.6 is 12.4 Å². The van der Waals surface area contributed by atoms with Crippen LogP contribution in [0, 0.1) is 19.8 Å². The Kier molecular flexibility index (Phi) is 7.24. The summed E-state index contributed by atoms with van der Waals surface area (Å²) in [5.41, 5.74) is 8.58. The van der Waals surface area contributed by atoms with Crippen molar-refractivity contribution in [3.05, 3.63) is 29.3 Å². The first kappa shape index (κ1) is 20.5. The number of rotatable bonds is 4. The van der Waals surface area contributed by atoms with Crippen molar-refractivity contribution in [2.45, 2.75) is 52.0 Å². The smallest absolute Gasteiger partial charge is 0.243 e. The number of amides is 2. The number of benzene rings is 1. The number of hydrogen-bond acceptors (Lipinski definition) is 3. The molecule has 1 aromatic rings. The molecule has 0 spiro atoms. The molecule has 2 amide bonds. The van der Waals surface area contributed by atoms with Crippen LogP contribution in [0.25, 0.3) is 0 Å². The average molecular weight is 354 g/mol. The van der Waals surface area contributed by atoms with Crippen LogP contribution in [0.3, 0.4) is 0 Å². The maximum atomic E-state index is 12.3. The van der Waals surface area contributed by atoms with Gasteiger partial charge in [-0.15, -0.1) is 12.4 Å². The van der Waals surface area contributed by atoms with Gasteiger partial charge in [0.2, 0.25) is 11.8 Å². The van der Waals surface area contributed by atoms with Crippen LogP contribution in [0.5, 0.6) is 0 Å². The zero-order chi connectivity index (χ0) is 17.0. The molecule has 1 aromatic carbocycles. The number of carbonyl (C=O) groups is 2. The molecule has 1 aliphatic rings. The molecule has 6 heteroatoms. The molecule has 0 saturated heterocycles. The molecule has 1 fully saturated rings. The molecule has 0 radical (unpaired) electrons. The lowest BCUT2D eigenvalue weighted by atomic mass is 9.74. The van der Waals surface area contributed by atoms with Gasteiger partial charge in [0.05, 0.1) is 12.5 Å². The molecular formula is C18H28ClN3O2. The molecule has 2 atom stereocenters. The Hall–Kier alpha value is -1.59. The van der Waals surface area contributed by atoms with E-state index in [0.717, 1.165) is 42.5 Å². The van der Waals surface area contributed by atoms with E-state index in [1.165, 1.54) is 0 Å². The van der Waals surface area contributed by atoms with Gasteiger partial charge in [-0.1, -0.05) is 31.0 Å². The number of anilines is 1. The molecule has 5 nitrogen and oxygen atoms in total. The Morgan fingerprint density at radius 1 is 1.25 bits per heavy atom. The highest BCUT2D eigenvalue weighted by atomic mass is 35.5. The number of aryl methyl sites for hydroxylation is 2. The molecule has 1 saturated carbocycles. The predicted octanol–water partition coefficient (Wildman–Crippen LogP) is 2.69. The van der Waals surface area contributed by atoms with E-state index in [9.17, 15) is 9.59 Å². The van der Waals surface area contributed by atoms with Crippen LogP contribution in [0.2, 0.25) is 0 Å². The van der Waals surface area contributed by atoms with Gasteiger partial charge in [0.1, 0.15) is 0 Å². The van der Waals surface area contributed by atoms with Gasteiger partial charge < -0.3 is 16.4 Å². The summed E-state index contributed by atoms with van der Waals surface area (Å²) < 4.78 is 0. The van der Waals surface area contributed by atoms with Gasteiger partial charge in [-0.05, 0) is 44.7 Å². The second-order valence-electron chi connectivity index (χ2n) is 6.84. The standard InChI is InChI=1S/C18H27N3O2.ClH/c1-12-7-6-8-13(2)16(12)21-15(22)11-20-17(23)14-9-4-5-10-18(14,3)19;/h6-8,14H,4-5,9-11,19H2,1-3H3,(H,20,23)(H,21,22);1H. The number of nitrogens with two attached hydrogens (primary N) is 1. The summed E-state index contributed by atoms with van der Waals surface area (Å²) in [7, 11) is 0. The van der Waals surface area contributed by atoms with E-state index in [1.807, 2.05) is 39.0 Å². The van der Waals surface area contributed by atoms with E-state index in [2.05, 4.69) is 10.6 Å². The van der Waals surface area contributed by atoms with E-state index in [-0.39, 0.29) is 36.7 Å². The van der Waals surface area contributed by atoms with E-state index in [4.69, 9.17) is 5.73 Å². The van der Waals surface area contributed by atoms with E-state index >= 15 is 0 Å². The van der Waals surface area contributed by atoms with E-state index < -0.39 is 5.54 Å². The molecule has 134 valence electrons. The molecule has 0 aromatic heterocycles. The van der Waals surface area contributed by atoms with Gasteiger partial charge in [0.25, 0.3) is 0 Å². The fourth-order valence-electron chi connectivity index (χ4n) is 3.27. The third-order valence-corrected chi connectivity index (χ3v) is 4.74. The zero-order valence-corrected chi connectivity index (χ0v) is 15.5. The summed E-state index contributed by atoms with van der Waals surface area (Å²) in [5, 5.41) is 5.61. The quantitative estimate of drug-likeness (QED) is 0.778. The third kappa shape index (κ3) is 4.95. The van der Waals surface area contributed by atoms with Gasteiger partial charge in [-0.25, -0.2) is 0 Å². The summed E-state index contributed by atoms with van der Waals surface area (Å²) in [6.45, 7) is 5.79. The van der Waals surface area contributed by atoms with Crippen molar-refractivity contribution in [1.82, 2.24) is 5.32 Å². The highest BCUT2D eigenvalue weighted by molar-refractivity contribution is 5.96. The largest absolute Gasteiger partial charge is 0.347 e. The number of halogens is 1. The number of para-hydroxylation sites is 1. The van der Waals surface area contributed by atoms with Crippen molar-refractivity contribution in [3.63, 3.8) is 0 Å². The molecule has 0 heterocycles. The lowest BCUT2D eigenvalue weighted by Crippen LogP contribution is -2.53. The first-order chi connectivity index (χ1) is 10.8. The van der Waals surface area contributed by atoms with Crippen LogP contribution in [0.1, 0.15) is 43.7 Å². The Balaban J connectivity index is 0.00000288. The molecule has 4 N–H and O–H groups in total. The van der Waals surface area contributed by atoms with Crippen LogP contribution < -0.4 is 16.4 Å². The SMILES string of the molecule is Cc1cccc(C)c1NC(=O)CNC(=O)C1CCCCC1(C)N.Cl. The summed E-state index contributed by atoms with van der Waals surface area (Å²) in [6.07, 6.45) is 3.71. The Labute approximate surface area is 150 Å². The lowest BCUT2D eigenvalue weighted by molar-refractivity contribution is -0.130. The summed E-state index contributed by atoms with van der Waals surface area (Å²) >= 11 is 0. The minimum Gasteiger partial charge on any atom is -0.347 e. The first-order valence-corrected chi connectivity index (χ1v) is 8.24. The molecule has 1 aliphatic carbocycles. The second kappa shape index (κ2) is 8.49. The van der Waals surface area contributed by atoms with Crippen LogP contribution in [-0.4, -0.2) is 23.9 Å². The molecule has 2 unspecified atom stereocenters. The molecule has 24 heavy (non-hydrogen) atoms. The third-order valence-electron chi connectivity index (χ3n) is 4.74. The number of hydrogen-bond donors (Lipinski definition) is 3. The van der Waals surface area contributed by atoms with Crippen molar-refractivity contribution in [1.29, 1.82) is 0 Å². The average Bonchev–Trinajstić information content (AvgIpc) is 2.48. The van der Waals surface area contributed by atoms with Crippen LogP contribution in [0.4, 0.5) is 5.69 Å². The van der Waals surface area contributed by atoms with Crippen molar-refractivity contribution >= 4 is 29.9 Å². The highest BCUT2D eigenvalue weighted by Crippen LogP contribution is 2.31. The zero-order valence-electron chi connectivity index (χ0n) is 14.6. The molecular weight excluding hydrogens is 326 g/mol. The fraction of sp³-hybridized carbons (Fsp3) is 0.556. The number of nitrogens with one attached hydrogen (secondary N) is 2. The molecule has 2 rings (SSSR count). The monoisotopic (exact) mass is 353 g/mol. The van der Waals surface area contributed by atoms with E-state index in [1.54, 1.807) is 0 Å². The normalized spacial score (nSPS) is 23.1. The summed E-state index contributed by atoms with van der Waals surface area (Å²) in [5.74, 6) is -0.555. The maximum Gasteiger partial charge on any atom is 0.243 e. The molecule has 0 bridgehead atoms. The van der Waals surface area contributed by atoms with Crippen molar-refractivity contribution < 1.29 is 9.59 Å². The van der Waals surface area contributed by atoms with Crippen molar-refractivity contribution in [3.8, 4) is 0 Å². The minimum atomic E-state index is -0.481. The number of carbonyl (C=O) groups excluding carboxylic acids is 2. The second-order valence-corrected chi connectivity index (χ2v) is 6.84. The fourth-order valence-corrected chi connectivity index (χ4v) is 3.27. The van der Waals surface area contributed by atoms with Gasteiger partial charge in [-0.2, -0.15) is 0 Å². The van der Waals surface area contributed by atoms with Crippen LogP contribution in [0.15, 0.2) is 18.2 Å². The lowest BCUT2D eigenvalue weighted by Gasteiger charge is -2.37. The minimum absolute atomic E-state index is 0. The summed E-state index contributed by atoms with van der Waals surface area (Å²) in [4.78, 5) is 24.4. The van der Waals surface area contributed by atoms with E-state index in [0.29, 0.717) is 0 Å². The van der Waals surface area contributed by atoms with Crippen molar-refractivity contribution in [2.75, 3.05) is 11.9 Å². The van der Waals surface area contributed by atoms with Gasteiger partial charge >= 0.3 is 0 Å². The maximum absolute atomic E-state index is 12.3. The predicted molar refractivity (Wildman–Crippen MR) is 99.4 cm³/mol. The highest BCUT2D eigenvalue weighted by Gasteiger charge is 2.37. The summed E-state index contributed by atoms with van der Waals surface area (Å²) in [6, 6.07) is 5.85. The first-order valence-electron chi connectivity index (χ1n) is 8.24. The van der Waals surface area contributed by atoms with Gasteiger partial charge in [-0.3, -0.25) is 9.59 Å². The Bertz CT molecular complexity index is 582. The topological polar surface area (TPSA) is 84.2 Å². The Morgan fingerprint density at radius 3 is 2.46 bits per heavy atom.